The number of benzene rings is 4. The van der Waals surface area contributed by atoms with Gasteiger partial charge in [-0.05, 0) is 117 Å². The third kappa shape index (κ3) is 6.52. The molecular formula is C55H61N3O10. The Morgan fingerprint density at radius 1 is 0.618 bits per heavy atom. The van der Waals surface area contributed by atoms with Crippen molar-refractivity contribution in [1.82, 2.24) is 14.8 Å². The van der Waals surface area contributed by atoms with Crippen molar-refractivity contribution in [3.63, 3.8) is 0 Å². The number of phenols is 1. The second-order valence-electron chi connectivity index (χ2n) is 19.6. The molecule has 13 heteroatoms. The maximum atomic E-state index is 10.6. The fraction of sp³-hybridized carbons (Fsp3) is 0.436. The number of pyridine rings is 1. The van der Waals surface area contributed by atoms with Crippen molar-refractivity contribution >= 4 is 10.8 Å². The zero-order valence-corrected chi connectivity index (χ0v) is 39.8. The van der Waals surface area contributed by atoms with Gasteiger partial charge in [-0.3, -0.25) is 4.98 Å². The minimum atomic E-state index is -0.594. The van der Waals surface area contributed by atoms with Crippen molar-refractivity contribution in [1.29, 1.82) is 0 Å². The molecule has 1 unspecified atom stereocenters. The van der Waals surface area contributed by atoms with Crippen molar-refractivity contribution in [2.45, 2.75) is 79.4 Å². The van der Waals surface area contributed by atoms with E-state index < -0.39 is 12.2 Å². The largest absolute Gasteiger partial charge is 0.504 e. The Hall–Kier alpha value is -5.99. The number of aromatic hydroxyl groups is 1. The summed E-state index contributed by atoms with van der Waals surface area (Å²) in [6.07, 6.45) is 13.2. The molecule has 4 aliphatic carbocycles. The van der Waals surface area contributed by atoms with Gasteiger partial charge in [0.2, 0.25) is 0 Å². The van der Waals surface area contributed by atoms with Crippen molar-refractivity contribution in [2.24, 2.45) is 11.8 Å². The molecule has 13 rings (SSSR count). The van der Waals surface area contributed by atoms with E-state index in [1.165, 1.54) is 22.3 Å². The van der Waals surface area contributed by atoms with Gasteiger partial charge in [-0.2, -0.15) is 0 Å². The van der Waals surface area contributed by atoms with Gasteiger partial charge >= 0.3 is 0 Å². The quantitative estimate of drug-likeness (QED) is 0.152. The van der Waals surface area contributed by atoms with Gasteiger partial charge in [-0.1, -0.05) is 42.5 Å². The van der Waals surface area contributed by atoms with E-state index in [0.29, 0.717) is 59.1 Å². The fourth-order valence-corrected chi connectivity index (χ4v) is 13.5. The predicted octanol–water partition coefficient (Wildman–Crippen LogP) is 6.56. The molecule has 1 aromatic heterocycles. The van der Waals surface area contributed by atoms with E-state index in [9.17, 15) is 15.3 Å². The smallest absolute Gasteiger partial charge is 0.165 e. The Morgan fingerprint density at radius 2 is 1.15 bits per heavy atom. The average Bonchev–Trinajstić information content (AvgIpc) is 3.91. The number of likely N-dealkylation sites (tertiary alicyclic amines) is 2. The maximum absolute atomic E-state index is 10.6. The third-order valence-corrected chi connectivity index (χ3v) is 16.7. The number of piperidine rings is 2. The highest BCUT2D eigenvalue weighted by atomic mass is 16.5. The number of aromatic nitrogens is 1. The van der Waals surface area contributed by atoms with Crippen molar-refractivity contribution in [3.05, 3.63) is 125 Å². The number of fused-ring (bicyclic) bond motifs is 1. The number of hydrogen-bond donors (Lipinski definition) is 3. The molecular weight excluding hydrogens is 863 g/mol. The first-order valence-electron chi connectivity index (χ1n) is 23.7. The summed E-state index contributed by atoms with van der Waals surface area (Å²) in [5, 5.41) is 33.3. The lowest BCUT2D eigenvalue weighted by Gasteiger charge is -2.56. The Morgan fingerprint density at radius 3 is 1.75 bits per heavy atom. The first-order chi connectivity index (χ1) is 33.0. The zero-order chi connectivity index (χ0) is 47.2. The molecule has 2 fully saturated rings. The molecule has 356 valence electrons. The molecule has 8 aliphatic rings. The molecule has 4 bridgehead atoms. The molecule has 68 heavy (non-hydrogen) atoms. The number of ether oxygens (including phenoxy) is 7. The molecule has 2 saturated heterocycles. The van der Waals surface area contributed by atoms with Gasteiger partial charge < -0.3 is 58.3 Å². The van der Waals surface area contributed by atoms with Crippen LogP contribution in [-0.4, -0.2) is 129 Å². The van der Waals surface area contributed by atoms with E-state index in [2.05, 4.69) is 47.1 Å². The van der Waals surface area contributed by atoms with Crippen LogP contribution in [0.3, 0.4) is 0 Å². The van der Waals surface area contributed by atoms with Crippen molar-refractivity contribution in [3.8, 4) is 46.0 Å². The van der Waals surface area contributed by atoms with E-state index in [1.807, 2.05) is 66.9 Å². The summed E-state index contributed by atoms with van der Waals surface area (Å²) in [4.78, 5) is 9.47. The van der Waals surface area contributed by atoms with Crippen LogP contribution < -0.4 is 33.2 Å². The Bertz CT molecular complexity index is 2850. The van der Waals surface area contributed by atoms with E-state index in [4.69, 9.17) is 33.2 Å². The number of phenolic OH excluding ortho intramolecular Hbond substituents is 1. The Balaban J connectivity index is 0.000000112. The lowest BCUT2D eigenvalue weighted by Crippen LogP contribution is -2.64. The molecule has 10 atom stereocenters. The number of likely N-dealkylation sites (N-methyl/N-ethyl adjacent to an activating group) is 2. The third-order valence-electron chi connectivity index (χ3n) is 16.7. The Labute approximate surface area is 397 Å². The second kappa shape index (κ2) is 16.9. The van der Waals surface area contributed by atoms with E-state index in [0.717, 1.165) is 72.3 Å². The van der Waals surface area contributed by atoms with Crippen molar-refractivity contribution < 1.29 is 48.5 Å². The van der Waals surface area contributed by atoms with Crippen LogP contribution in [-0.2, 0) is 30.1 Å². The monoisotopic (exact) mass is 923 g/mol. The molecule has 0 saturated carbocycles. The minimum absolute atomic E-state index is 0.0806. The molecule has 4 aliphatic heterocycles. The number of methoxy groups -OCH3 is 5. The van der Waals surface area contributed by atoms with Crippen molar-refractivity contribution in [2.75, 3.05) is 62.7 Å². The average molecular weight is 924 g/mol. The minimum Gasteiger partial charge on any atom is -0.504 e. The van der Waals surface area contributed by atoms with Gasteiger partial charge in [-0.25, -0.2) is 0 Å². The standard InChI is InChI=1S/C20H21NO4.C18H21NO3.C17H19NO3/c1-22-17-6-5-13(10-18(17)23-2)9-16-15-12-20(25-4)19(24-3)11-14(15)7-8-21-16;1-19-8-7-18-11-4-5-13(20)17(18)22-16-14(21-2)6-3-10(15(16)18)9-12(11)19;1-18-7-6-17-10-3-5-13(20)16(17)21-15-12(19)4-2-9(14(15)17)8-11(10)18/h5-8,10-12H,9H2,1-4H3;3-6,11-13,17,20H,7-9H2,1-2H3;2-5,10-11,13,16,19-20H,6-8H2,1H3/t;11-,12+,13-,17?,18-;10-,11+,13-,16-,17-/m.00/s1. The van der Waals surface area contributed by atoms with E-state index in [-0.39, 0.29) is 28.8 Å². The molecule has 0 radical (unpaired) electrons. The number of aliphatic hydroxyl groups excluding tert-OH is 2. The van der Waals surface area contributed by atoms with Gasteiger partial charge in [0, 0.05) is 63.9 Å². The highest BCUT2D eigenvalue weighted by Gasteiger charge is 2.65. The van der Waals surface area contributed by atoms with Gasteiger partial charge in [-0.15, -0.1) is 0 Å². The summed E-state index contributed by atoms with van der Waals surface area (Å²) in [6.45, 7) is 2.06. The van der Waals surface area contributed by atoms with Crippen LogP contribution >= 0.6 is 0 Å². The summed E-state index contributed by atoms with van der Waals surface area (Å²) < 4.78 is 39.4. The first-order valence-corrected chi connectivity index (χ1v) is 23.7. The number of rotatable bonds is 7. The molecule has 3 N–H and O–H groups in total. The molecule has 5 aromatic rings. The lowest BCUT2D eigenvalue weighted by molar-refractivity contribution is -0.0453. The van der Waals surface area contributed by atoms with Crippen LogP contribution in [0, 0.1) is 11.8 Å². The fourth-order valence-electron chi connectivity index (χ4n) is 13.5. The molecule has 4 aromatic carbocycles. The zero-order valence-electron chi connectivity index (χ0n) is 39.8. The molecule has 13 nitrogen and oxygen atoms in total. The van der Waals surface area contributed by atoms with Crippen LogP contribution in [0.15, 0.2) is 91.2 Å². The second-order valence-corrected chi connectivity index (χ2v) is 19.6. The van der Waals surface area contributed by atoms with Gasteiger partial charge in [0.1, 0.15) is 24.4 Å². The number of aliphatic hydroxyl groups is 2. The van der Waals surface area contributed by atoms with Crippen LogP contribution in [0.4, 0.5) is 0 Å². The van der Waals surface area contributed by atoms with Gasteiger partial charge in [0.25, 0.3) is 0 Å². The summed E-state index contributed by atoms with van der Waals surface area (Å²) in [5.41, 5.74) is 6.95. The normalized spacial score (nSPS) is 30.3. The summed E-state index contributed by atoms with van der Waals surface area (Å²) in [7, 11) is 12.6. The number of hydrogen-bond acceptors (Lipinski definition) is 13. The lowest BCUT2D eigenvalue weighted by atomic mass is 9.53. The summed E-state index contributed by atoms with van der Waals surface area (Å²) >= 11 is 0. The van der Waals surface area contributed by atoms with Crippen LogP contribution in [0.5, 0.6) is 46.0 Å². The summed E-state index contributed by atoms with van der Waals surface area (Å²) in [5.74, 6) is 6.10. The van der Waals surface area contributed by atoms with Gasteiger partial charge in [0.05, 0.1) is 41.2 Å². The predicted molar refractivity (Wildman–Crippen MR) is 257 cm³/mol. The van der Waals surface area contributed by atoms with E-state index in [1.54, 1.807) is 41.6 Å². The van der Waals surface area contributed by atoms with Crippen LogP contribution in [0.1, 0.15) is 46.4 Å². The highest BCUT2D eigenvalue weighted by Crippen LogP contribution is 2.64. The van der Waals surface area contributed by atoms with E-state index >= 15 is 0 Å². The molecule has 5 heterocycles. The Kier molecular flexibility index (Phi) is 11.1. The van der Waals surface area contributed by atoms with Gasteiger partial charge in [0.15, 0.2) is 46.0 Å². The SMILES string of the molecule is CN1CC[C@]23c4c5ccc(O)c4O[C@H]2[C@@H](O)C=C[C@H]3[C@H]1C5.COc1ccc(Cc2nccc3cc(OC)c(OC)cc23)cc1OC.COc1ccc2c3c1OC1[C@@H](O)C=C[C@H]4[C@@H](C2)N(C)CC[C@]314. The topological polar surface area (TPSA) is 145 Å². The van der Waals surface area contributed by atoms with Crippen LogP contribution in [0.2, 0.25) is 0 Å². The maximum Gasteiger partial charge on any atom is 0.165 e. The highest BCUT2D eigenvalue weighted by molar-refractivity contribution is 5.88. The molecule has 2 spiro atoms. The first kappa shape index (κ1) is 44.5. The summed E-state index contributed by atoms with van der Waals surface area (Å²) in [6, 6.07) is 20.7. The van der Waals surface area contributed by atoms with Crippen LogP contribution in [0.25, 0.3) is 10.8 Å². The number of nitrogens with zero attached hydrogens (tertiary/aromatic N) is 3. The molecule has 0 amide bonds.